The quantitative estimate of drug-likeness (QED) is 0.745. The molecule has 0 aromatic rings. The maximum Gasteiger partial charge on any atom is 0.234 e. The van der Waals surface area contributed by atoms with E-state index < -0.39 is 0 Å². The average molecular weight is 296 g/mol. The van der Waals surface area contributed by atoms with E-state index in [-0.39, 0.29) is 23.8 Å². The van der Waals surface area contributed by atoms with E-state index in [1.165, 1.54) is 0 Å². The number of carbonyl (C=O) groups is 2. The average Bonchev–Trinajstić information content (AvgIpc) is 2.48. The van der Waals surface area contributed by atoms with Gasteiger partial charge in [0, 0.05) is 51.2 Å². The van der Waals surface area contributed by atoms with Crippen molar-refractivity contribution in [3.63, 3.8) is 0 Å². The third kappa shape index (κ3) is 4.97. The molecule has 0 radical (unpaired) electrons. The van der Waals surface area contributed by atoms with E-state index in [0.717, 1.165) is 52.1 Å². The summed E-state index contributed by atoms with van der Waals surface area (Å²) < 4.78 is 0. The molecule has 2 aliphatic heterocycles. The van der Waals surface area contributed by atoms with Crippen molar-refractivity contribution in [1.29, 1.82) is 0 Å². The van der Waals surface area contributed by atoms with E-state index in [2.05, 4.69) is 15.5 Å². The molecule has 0 unspecified atom stereocenters. The number of amides is 2. The van der Waals surface area contributed by atoms with E-state index in [4.69, 9.17) is 0 Å². The van der Waals surface area contributed by atoms with Crippen molar-refractivity contribution in [1.82, 2.24) is 20.4 Å². The molecule has 2 fully saturated rings. The van der Waals surface area contributed by atoms with Crippen LogP contribution in [0.5, 0.6) is 0 Å². The van der Waals surface area contributed by atoms with Crippen molar-refractivity contribution >= 4 is 11.8 Å². The molecule has 120 valence electrons. The largest absolute Gasteiger partial charge is 0.352 e. The molecule has 0 saturated carbocycles. The van der Waals surface area contributed by atoms with E-state index in [9.17, 15) is 9.59 Å². The lowest BCUT2D eigenvalue weighted by Gasteiger charge is -2.34. The van der Waals surface area contributed by atoms with Crippen molar-refractivity contribution in [3.8, 4) is 0 Å². The summed E-state index contributed by atoms with van der Waals surface area (Å²) in [6.45, 7) is 9.68. The lowest BCUT2D eigenvalue weighted by Crippen LogP contribution is -2.51. The lowest BCUT2D eigenvalue weighted by molar-refractivity contribution is -0.135. The maximum atomic E-state index is 12.0. The van der Waals surface area contributed by atoms with Crippen LogP contribution in [0, 0.1) is 5.92 Å². The third-order valence-electron chi connectivity index (χ3n) is 4.24. The van der Waals surface area contributed by atoms with Crippen LogP contribution < -0.4 is 10.6 Å². The van der Waals surface area contributed by atoms with Crippen LogP contribution in [0.1, 0.15) is 26.7 Å². The molecular formula is C15H28N4O2. The number of rotatable bonds is 4. The number of likely N-dealkylation sites (tertiary alicyclic amines) is 1. The Balaban J connectivity index is 1.68. The number of carbonyl (C=O) groups excluding carboxylic acids is 2. The van der Waals surface area contributed by atoms with Crippen molar-refractivity contribution in [2.45, 2.75) is 32.7 Å². The Labute approximate surface area is 127 Å². The molecule has 2 saturated heterocycles. The van der Waals surface area contributed by atoms with Crippen LogP contribution in [0.15, 0.2) is 0 Å². The molecule has 2 amide bonds. The first-order valence-electron chi connectivity index (χ1n) is 8.07. The summed E-state index contributed by atoms with van der Waals surface area (Å²) in [5, 5.41) is 6.40. The predicted molar refractivity (Wildman–Crippen MR) is 81.9 cm³/mol. The van der Waals surface area contributed by atoms with Crippen molar-refractivity contribution in [2.75, 3.05) is 45.8 Å². The van der Waals surface area contributed by atoms with Crippen LogP contribution in [0.2, 0.25) is 0 Å². The van der Waals surface area contributed by atoms with Gasteiger partial charge in [-0.1, -0.05) is 13.8 Å². The number of hydrogen-bond acceptors (Lipinski definition) is 4. The Bertz CT molecular complexity index is 359. The molecule has 21 heavy (non-hydrogen) atoms. The van der Waals surface area contributed by atoms with Crippen LogP contribution in [-0.4, -0.2) is 73.5 Å². The van der Waals surface area contributed by atoms with E-state index >= 15 is 0 Å². The highest BCUT2D eigenvalue weighted by Crippen LogP contribution is 2.13. The summed E-state index contributed by atoms with van der Waals surface area (Å²) in [7, 11) is 0. The van der Waals surface area contributed by atoms with Crippen molar-refractivity contribution in [2.24, 2.45) is 5.92 Å². The van der Waals surface area contributed by atoms with Crippen molar-refractivity contribution in [3.05, 3.63) is 0 Å². The fourth-order valence-electron chi connectivity index (χ4n) is 2.96. The van der Waals surface area contributed by atoms with Gasteiger partial charge >= 0.3 is 0 Å². The first-order valence-corrected chi connectivity index (χ1v) is 8.07. The van der Waals surface area contributed by atoms with Crippen molar-refractivity contribution < 1.29 is 9.59 Å². The second-order valence-corrected chi connectivity index (χ2v) is 6.35. The summed E-state index contributed by atoms with van der Waals surface area (Å²) in [5.74, 6) is 0.398. The molecular weight excluding hydrogens is 268 g/mol. The molecule has 0 aromatic heterocycles. The molecule has 2 aliphatic rings. The molecule has 0 bridgehead atoms. The first-order chi connectivity index (χ1) is 10.1. The highest BCUT2D eigenvalue weighted by Gasteiger charge is 2.25. The van der Waals surface area contributed by atoms with Gasteiger partial charge in [-0.15, -0.1) is 0 Å². The van der Waals surface area contributed by atoms with Crippen LogP contribution in [0.3, 0.4) is 0 Å². The monoisotopic (exact) mass is 296 g/mol. The molecule has 2 N–H and O–H groups in total. The molecule has 0 aliphatic carbocycles. The van der Waals surface area contributed by atoms with Crippen LogP contribution in [-0.2, 0) is 9.59 Å². The van der Waals surface area contributed by atoms with Gasteiger partial charge in [0.25, 0.3) is 0 Å². The Hall–Kier alpha value is -1.14. The first kappa shape index (κ1) is 16.2. The second-order valence-electron chi connectivity index (χ2n) is 6.35. The van der Waals surface area contributed by atoms with Gasteiger partial charge in [-0.3, -0.25) is 14.5 Å². The topological polar surface area (TPSA) is 64.7 Å². The number of piperazine rings is 1. The summed E-state index contributed by atoms with van der Waals surface area (Å²) in [6.07, 6.45) is 1.73. The lowest BCUT2D eigenvalue weighted by atomic mass is 10.0. The van der Waals surface area contributed by atoms with Gasteiger partial charge in [0.1, 0.15) is 0 Å². The number of hydrogen-bond donors (Lipinski definition) is 2. The molecule has 0 atom stereocenters. The maximum absolute atomic E-state index is 12.0. The minimum atomic E-state index is 0.0591. The summed E-state index contributed by atoms with van der Waals surface area (Å²) >= 11 is 0. The standard InChI is InChI=1S/C15H28N4O2/c1-12(2)15(21)19-7-3-13(4-8-19)17-14(20)11-18-9-5-16-6-10-18/h12-13,16H,3-11H2,1-2H3,(H,17,20). The Kier molecular flexibility index (Phi) is 5.99. The van der Waals surface area contributed by atoms with Crippen LogP contribution >= 0.6 is 0 Å². The third-order valence-corrected chi connectivity index (χ3v) is 4.24. The van der Waals surface area contributed by atoms with Crippen LogP contribution in [0.4, 0.5) is 0 Å². The smallest absolute Gasteiger partial charge is 0.234 e. The zero-order chi connectivity index (χ0) is 15.2. The highest BCUT2D eigenvalue weighted by molar-refractivity contribution is 5.79. The Morgan fingerprint density at radius 2 is 1.76 bits per heavy atom. The molecule has 6 heteroatoms. The highest BCUT2D eigenvalue weighted by atomic mass is 16.2. The van der Waals surface area contributed by atoms with Gasteiger partial charge < -0.3 is 15.5 Å². The Morgan fingerprint density at radius 1 is 1.14 bits per heavy atom. The predicted octanol–water partition coefficient (Wildman–Crippen LogP) is -0.345. The van der Waals surface area contributed by atoms with Gasteiger partial charge in [0.2, 0.25) is 11.8 Å². The molecule has 2 heterocycles. The SMILES string of the molecule is CC(C)C(=O)N1CCC(NC(=O)CN2CCNCC2)CC1. The van der Waals surface area contributed by atoms with E-state index in [0.29, 0.717) is 6.54 Å². The van der Waals surface area contributed by atoms with Gasteiger partial charge in [-0.25, -0.2) is 0 Å². The van der Waals surface area contributed by atoms with Gasteiger partial charge in [-0.05, 0) is 12.8 Å². The minimum absolute atomic E-state index is 0.0591. The Morgan fingerprint density at radius 3 is 2.33 bits per heavy atom. The molecule has 2 rings (SSSR count). The number of nitrogens with zero attached hydrogens (tertiary/aromatic N) is 2. The molecule has 6 nitrogen and oxygen atoms in total. The number of nitrogens with one attached hydrogen (secondary N) is 2. The fraction of sp³-hybridized carbons (Fsp3) is 0.867. The zero-order valence-corrected chi connectivity index (χ0v) is 13.2. The second kappa shape index (κ2) is 7.75. The zero-order valence-electron chi connectivity index (χ0n) is 13.2. The molecule has 0 aromatic carbocycles. The fourth-order valence-corrected chi connectivity index (χ4v) is 2.96. The summed E-state index contributed by atoms with van der Waals surface area (Å²) in [5.41, 5.74) is 0. The molecule has 0 spiro atoms. The van der Waals surface area contributed by atoms with E-state index in [1.54, 1.807) is 0 Å². The normalized spacial score (nSPS) is 21.6. The van der Waals surface area contributed by atoms with Gasteiger partial charge in [-0.2, -0.15) is 0 Å². The summed E-state index contributed by atoms with van der Waals surface area (Å²) in [6, 6.07) is 0.219. The van der Waals surface area contributed by atoms with Gasteiger partial charge in [0.05, 0.1) is 6.54 Å². The summed E-state index contributed by atoms with van der Waals surface area (Å²) in [4.78, 5) is 28.1. The minimum Gasteiger partial charge on any atom is -0.352 e. The number of piperidine rings is 1. The van der Waals surface area contributed by atoms with E-state index in [1.807, 2.05) is 18.7 Å². The van der Waals surface area contributed by atoms with Crippen LogP contribution in [0.25, 0.3) is 0 Å². The van der Waals surface area contributed by atoms with Gasteiger partial charge in [0.15, 0.2) is 0 Å².